The van der Waals surface area contributed by atoms with E-state index in [0.717, 1.165) is 17.7 Å². The van der Waals surface area contributed by atoms with E-state index in [1.807, 2.05) is 42.0 Å². The van der Waals surface area contributed by atoms with Gasteiger partial charge in [0.25, 0.3) is 0 Å². The van der Waals surface area contributed by atoms with Crippen LogP contribution in [0.3, 0.4) is 0 Å². The smallest absolute Gasteiger partial charge is 0.247 e. The summed E-state index contributed by atoms with van der Waals surface area (Å²) in [5.41, 5.74) is 2.31. The van der Waals surface area contributed by atoms with Gasteiger partial charge < -0.3 is 14.8 Å². The molecule has 3 rings (SSSR count). The molecular weight excluding hydrogens is 435 g/mol. The molecular formula is C23H22Cl2N4O2. The number of nitrogens with one attached hydrogen (secondary N) is 1. The topological polar surface area (TPSA) is 67.2 Å². The van der Waals surface area contributed by atoms with E-state index in [1.54, 1.807) is 36.8 Å². The minimum atomic E-state index is -0.330. The maximum absolute atomic E-state index is 12.7. The second-order valence-corrected chi connectivity index (χ2v) is 7.67. The molecule has 0 aliphatic carbocycles. The van der Waals surface area contributed by atoms with Crippen molar-refractivity contribution in [1.82, 2.24) is 14.5 Å². The van der Waals surface area contributed by atoms with E-state index in [0.29, 0.717) is 22.3 Å². The first-order valence-electron chi connectivity index (χ1n) is 9.76. The van der Waals surface area contributed by atoms with Crippen molar-refractivity contribution in [3.63, 3.8) is 0 Å². The first-order valence-corrected chi connectivity index (χ1v) is 10.5. The van der Waals surface area contributed by atoms with E-state index in [-0.39, 0.29) is 18.4 Å². The predicted octanol–water partition coefficient (Wildman–Crippen LogP) is 5.07. The molecule has 0 bridgehead atoms. The fourth-order valence-electron chi connectivity index (χ4n) is 2.93. The van der Waals surface area contributed by atoms with Crippen LogP contribution in [0.25, 0.3) is 11.8 Å². The maximum atomic E-state index is 12.7. The molecule has 0 aliphatic heterocycles. The van der Waals surface area contributed by atoms with Crippen LogP contribution in [0.1, 0.15) is 18.9 Å². The highest BCUT2D eigenvalue weighted by atomic mass is 35.5. The Balaban J connectivity index is 1.62. The Morgan fingerprint density at radius 2 is 1.94 bits per heavy atom. The van der Waals surface area contributed by atoms with E-state index in [4.69, 9.17) is 23.2 Å². The van der Waals surface area contributed by atoms with E-state index >= 15 is 0 Å². The third kappa shape index (κ3) is 6.44. The molecule has 1 N–H and O–H groups in total. The normalized spacial score (nSPS) is 10.9. The van der Waals surface area contributed by atoms with Crippen molar-refractivity contribution >= 4 is 46.8 Å². The highest BCUT2D eigenvalue weighted by Crippen LogP contribution is 2.25. The molecule has 0 saturated carbocycles. The maximum Gasteiger partial charge on any atom is 0.247 e. The Morgan fingerprint density at radius 1 is 1.16 bits per heavy atom. The van der Waals surface area contributed by atoms with Crippen molar-refractivity contribution in [2.75, 3.05) is 18.4 Å². The number of amides is 2. The molecule has 0 unspecified atom stereocenters. The van der Waals surface area contributed by atoms with Gasteiger partial charge in [-0.05, 0) is 48.4 Å². The second-order valence-electron chi connectivity index (χ2n) is 6.83. The van der Waals surface area contributed by atoms with E-state index < -0.39 is 0 Å². The lowest BCUT2D eigenvalue weighted by Crippen LogP contribution is -2.37. The lowest BCUT2D eigenvalue weighted by molar-refractivity contribution is -0.130. The highest BCUT2D eigenvalue weighted by molar-refractivity contribution is 6.36. The molecule has 0 saturated heterocycles. The Hall–Kier alpha value is -3.09. The Bertz CT molecular complexity index is 1060. The third-order valence-corrected chi connectivity index (χ3v) is 5.01. The molecule has 0 fully saturated rings. The molecule has 2 amide bonds. The number of imidazole rings is 1. The number of carbonyl (C=O) groups excluding carboxylic acids is 2. The van der Waals surface area contributed by atoms with Crippen LogP contribution in [0.5, 0.6) is 0 Å². The lowest BCUT2D eigenvalue weighted by Gasteiger charge is -2.20. The summed E-state index contributed by atoms with van der Waals surface area (Å²) >= 11 is 12.0. The number of anilines is 1. The predicted molar refractivity (Wildman–Crippen MR) is 125 cm³/mol. The van der Waals surface area contributed by atoms with Crippen LogP contribution >= 0.6 is 23.2 Å². The summed E-state index contributed by atoms with van der Waals surface area (Å²) in [5, 5.41) is 3.54. The van der Waals surface area contributed by atoms with Gasteiger partial charge in [-0.2, -0.15) is 0 Å². The number of hydrogen-bond acceptors (Lipinski definition) is 3. The van der Waals surface area contributed by atoms with Crippen LogP contribution in [-0.4, -0.2) is 39.4 Å². The average Bonchev–Trinajstić information content (AvgIpc) is 3.29. The molecule has 160 valence electrons. The van der Waals surface area contributed by atoms with Crippen LogP contribution in [0.2, 0.25) is 10.0 Å². The van der Waals surface area contributed by atoms with Crippen LogP contribution in [0.4, 0.5) is 5.69 Å². The molecule has 3 aromatic rings. The summed E-state index contributed by atoms with van der Waals surface area (Å²) in [6, 6.07) is 12.5. The number of halogens is 2. The molecule has 31 heavy (non-hydrogen) atoms. The van der Waals surface area contributed by atoms with Gasteiger partial charge in [0.15, 0.2) is 0 Å². The summed E-state index contributed by atoms with van der Waals surface area (Å²) in [5.74, 6) is -0.568. The van der Waals surface area contributed by atoms with Gasteiger partial charge in [-0.1, -0.05) is 42.3 Å². The van der Waals surface area contributed by atoms with E-state index in [1.165, 1.54) is 11.0 Å². The van der Waals surface area contributed by atoms with Gasteiger partial charge in [0.05, 0.1) is 17.0 Å². The minimum absolute atomic E-state index is 0.0739. The summed E-state index contributed by atoms with van der Waals surface area (Å²) in [4.78, 5) is 30.6. The number of rotatable bonds is 8. The first kappa shape index (κ1) is 22.6. The Kier molecular flexibility index (Phi) is 7.87. The highest BCUT2D eigenvalue weighted by Gasteiger charge is 2.15. The van der Waals surface area contributed by atoms with Crippen molar-refractivity contribution in [3.05, 3.63) is 82.9 Å². The van der Waals surface area contributed by atoms with Crippen LogP contribution < -0.4 is 5.32 Å². The van der Waals surface area contributed by atoms with Crippen LogP contribution in [0, 0.1) is 0 Å². The van der Waals surface area contributed by atoms with Crippen molar-refractivity contribution < 1.29 is 9.59 Å². The summed E-state index contributed by atoms with van der Waals surface area (Å²) in [7, 11) is 0. The average molecular weight is 457 g/mol. The SMILES string of the molecule is CCCN(CC(=O)Nc1ccc(Cl)cc1Cl)C(=O)C=Cc1ccc(-n2ccnc2)cc1. The fourth-order valence-corrected chi connectivity index (χ4v) is 3.39. The third-order valence-electron chi connectivity index (χ3n) is 4.46. The summed E-state index contributed by atoms with van der Waals surface area (Å²) in [6.07, 6.45) is 9.24. The molecule has 0 spiro atoms. The molecule has 0 aliphatic rings. The van der Waals surface area contributed by atoms with Crippen molar-refractivity contribution in [1.29, 1.82) is 0 Å². The molecule has 6 nitrogen and oxygen atoms in total. The monoisotopic (exact) mass is 456 g/mol. The molecule has 0 atom stereocenters. The second kappa shape index (κ2) is 10.8. The van der Waals surface area contributed by atoms with Crippen molar-refractivity contribution in [2.45, 2.75) is 13.3 Å². The van der Waals surface area contributed by atoms with Gasteiger partial charge >= 0.3 is 0 Å². The minimum Gasteiger partial charge on any atom is -0.330 e. The quantitative estimate of drug-likeness (QED) is 0.481. The molecule has 1 heterocycles. The summed E-state index contributed by atoms with van der Waals surface area (Å²) in [6.45, 7) is 2.34. The van der Waals surface area contributed by atoms with Gasteiger partial charge in [0.1, 0.15) is 6.54 Å². The largest absolute Gasteiger partial charge is 0.330 e. The molecule has 0 radical (unpaired) electrons. The number of hydrogen-bond donors (Lipinski definition) is 1. The van der Waals surface area contributed by atoms with Crippen LogP contribution in [0.15, 0.2) is 67.3 Å². The first-order chi connectivity index (χ1) is 15.0. The fraction of sp³-hybridized carbons (Fsp3) is 0.174. The Morgan fingerprint density at radius 3 is 2.58 bits per heavy atom. The zero-order chi connectivity index (χ0) is 22.2. The van der Waals surface area contributed by atoms with Crippen molar-refractivity contribution in [3.8, 4) is 5.69 Å². The van der Waals surface area contributed by atoms with Gasteiger partial charge in [-0.3, -0.25) is 9.59 Å². The zero-order valence-corrected chi connectivity index (χ0v) is 18.5. The van der Waals surface area contributed by atoms with Gasteiger partial charge in [-0.15, -0.1) is 0 Å². The zero-order valence-electron chi connectivity index (χ0n) is 17.0. The number of nitrogens with zero attached hydrogens (tertiary/aromatic N) is 3. The van der Waals surface area contributed by atoms with Crippen LogP contribution in [-0.2, 0) is 9.59 Å². The van der Waals surface area contributed by atoms with E-state index in [9.17, 15) is 9.59 Å². The van der Waals surface area contributed by atoms with E-state index in [2.05, 4.69) is 10.3 Å². The molecule has 1 aromatic heterocycles. The van der Waals surface area contributed by atoms with Gasteiger partial charge in [-0.25, -0.2) is 4.98 Å². The van der Waals surface area contributed by atoms with Crippen molar-refractivity contribution in [2.24, 2.45) is 0 Å². The molecule has 8 heteroatoms. The number of carbonyl (C=O) groups is 2. The number of benzene rings is 2. The number of aromatic nitrogens is 2. The van der Waals surface area contributed by atoms with Gasteiger partial charge in [0.2, 0.25) is 11.8 Å². The lowest BCUT2D eigenvalue weighted by atomic mass is 10.2. The standard InChI is InChI=1S/C23H22Cl2N4O2/c1-2-12-28(15-22(30)27-21-9-6-18(24)14-20(21)25)23(31)10-5-17-3-7-19(8-4-17)29-13-11-26-16-29/h3-11,13-14,16H,2,12,15H2,1H3,(H,27,30). The Labute approximate surface area is 191 Å². The van der Waals surface area contributed by atoms with Gasteiger partial charge in [0, 0.05) is 35.7 Å². The molecule has 2 aromatic carbocycles. The summed E-state index contributed by atoms with van der Waals surface area (Å²) < 4.78 is 1.90.